The van der Waals surface area contributed by atoms with E-state index in [0.717, 1.165) is 13.0 Å². The van der Waals surface area contributed by atoms with Crippen molar-refractivity contribution < 1.29 is 0 Å². The molecule has 1 heterocycles. The smallest absolute Gasteiger partial charge is 0.0348 e. The summed E-state index contributed by atoms with van der Waals surface area (Å²) in [5.74, 6) is 0. The summed E-state index contributed by atoms with van der Waals surface area (Å²) in [4.78, 5) is 2.64. The van der Waals surface area contributed by atoms with Gasteiger partial charge in [-0.15, -0.1) is 0 Å². The molecule has 2 rings (SSSR count). The number of piperidine rings is 1. The molecule has 0 aromatic heterocycles. The lowest BCUT2D eigenvalue weighted by molar-refractivity contribution is 0.154. The van der Waals surface area contributed by atoms with Crippen LogP contribution < -0.4 is 5.73 Å². The van der Waals surface area contributed by atoms with Gasteiger partial charge in [0, 0.05) is 10.5 Å². The summed E-state index contributed by atoms with van der Waals surface area (Å²) >= 11 is 3.58. The molecule has 18 heavy (non-hydrogen) atoms. The van der Waals surface area contributed by atoms with Crippen molar-refractivity contribution >= 4 is 15.9 Å². The zero-order valence-corrected chi connectivity index (χ0v) is 12.5. The summed E-state index contributed by atoms with van der Waals surface area (Å²) in [5, 5.41) is 0. The maximum atomic E-state index is 5.69. The van der Waals surface area contributed by atoms with Gasteiger partial charge in [0.1, 0.15) is 0 Å². The van der Waals surface area contributed by atoms with Crippen LogP contribution in [-0.4, -0.2) is 24.5 Å². The van der Waals surface area contributed by atoms with E-state index in [2.05, 4.69) is 45.1 Å². The Morgan fingerprint density at radius 2 is 2.00 bits per heavy atom. The van der Waals surface area contributed by atoms with Crippen molar-refractivity contribution in [3.05, 3.63) is 34.3 Å². The summed E-state index contributed by atoms with van der Waals surface area (Å²) < 4.78 is 1.18. The topological polar surface area (TPSA) is 29.3 Å². The Balaban J connectivity index is 2.12. The van der Waals surface area contributed by atoms with E-state index in [1.165, 1.54) is 48.8 Å². The molecule has 0 bridgehead atoms. The van der Waals surface area contributed by atoms with E-state index >= 15 is 0 Å². The molecule has 0 spiro atoms. The molecule has 3 heteroatoms. The highest BCUT2D eigenvalue weighted by Crippen LogP contribution is 2.29. The second-order valence-corrected chi connectivity index (χ2v) is 6.01. The molecular weight excluding hydrogens is 288 g/mol. The summed E-state index contributed by atoms with van der Waals surface area (Å²) in [6.07, 6.45) is 6.35. The molecule has 1 aromatic carbocycles. The van der Waals surface area contributed by atoms with Crippen molar-refractivity contribution in [3.63, 3.8) is 0 Å². The van der Waals surface area contributed by atoms with Gasteiger partial charge >= 0.3 is 0 Å². The number of hydrogen-bond donors (Lipinski definition) is 1. The van der Waals surface area contributed by atoms with Crippen molar-refractivity contribution in [2.45, 2.75) is 38.1 Å². The fourth-order valence-corrected chi connectivity index (χ4v) is 3.23. The minimum absolute atomic E-state index is 0.548. The molecule has 1 aliphatic rings. The molecule has 0 saturated carbocycles. The molecule has 1 saturated heterocycles. The van der Waals surface area contributed by atoms with Gasteiger partial charge in [-0.2, -0.15) is 0 Å². The average molecular weight is 311 g/mol. The second-order valence-electron chi connectivity index (χ2n) is 5.10. The number of rotatable bonds is 5. The largest absolute Gasteiger partial charge is 0.330 e. The third kappa shape index (κ3) is 3.81. The Morgan fingerprint density at radius 1 is 1.22 bits per heavy atom. The van der Waals surface area contributed by atoms with E-state index in [9.17, 15) is 0 Å². The highest BCUT2D eigenvalue weighted by Gasteiger charge is 2.21. The predicted octanol–water partition coefficient (Wildman–Crippen LogP) is 3.72. The van der Waals surface area contributed by atoms with Gasteiger partial charge in [0.2, 0.25) is 0 Å². The average Bonchev–Trinajstić information content (AvgIpc) is 2.40. The first-order valence-electron chi connectivity index (χ1n) is 7.01. The Kier molecular flexibility index (Phi) is 5.67. The first-order valence-corrected chi connectivity index (χ1v) is 7.80. The zero-order chi connectivity index (χ0) is 12.8. The van der Waals surface area contributed by atoms with Crippen LogP contribution >= 0.6 is 15.9 Å². The van der Waals surface area contributed by atoms with Crippen LogP contribution in [0.2, 0.25) is 0 Å². The Labute approximate surface area is 119 Å². The number of nitrogens with two attached hydrogens (primary N) is 1. The Morgan fingerprint density at radius 3 is 2.67 bits per heavy atom. The molecule has 2 N–H and O–H groups in total. The molecule has 1 aromatic rings. The first-order chi connectivity index (χ1) is 8.81. The van der Waals surface area contributed by atoms with E-state index in [4.69, 9.17) is 5.73 Å². The number of likely N-dealkylation sites (tertiary alicyclic amines) is 1. The van der Waals surface area contributed by atoms with Gasteiger partial charge < -0.3 is 5.73 Å². The van der Waals surface area contributed by atoms with Crippen LogP contribution in [-0.2, 0) is 0 Å². The molecular formula is C15H23BrN2. The van der Waals surface area contributed by atoms with Crippen molar-refractivity contribution in [2.24, 2.45) is 5.73 Å². The van der Waals surface area contributed by atoms with Crippen LogP contribution in [0.1, 0.15) is 43.7 Å². The molecule has 1 atom stereocenters. The van der Waals surface area contributed by atoms with Crippen molar-refractivity contribution in [1.82, 2.24) is 4.90 Å². The maximum Gasteiger partial charge on any atom is 0.0348 e. The van der Waals surface area contributed by atoms with Gasteiger partial charge in [-0.3, -0.25) is 4.90 Å². The minimum Gasteiger partial charge on any atom is -0.330 e. The van der Waals surface area contributed by atoms with Crippen LogP contribution in [0.5, 0.6) is 0 Å². The van der Waals surface area contributed by atoms with Crippen molar-refractivity contribution in [1.29, 1.82) is 0 Å². The fourth-order valence-electron chi connectivity index (χ4n) is 2.82. The minimum atomic E-state index is 0.548. The van der Waals surface area contributed by atoms with E-state index in [-0.39, 0.29) is 0 Å². The highest BCUT2D eigenvalue weighted by atomic mass is 79.9. The summed E-state index contributed by atoms with van der Waals surface area (Å²) in [6, 6.07) is 9.29. The SMILES string of the molecule is NCCCC(c1cccc(Br)c1)N1CCCCC1. The maximum absolute atomic E-state index is 5.69. The van der Waals surface area contributed by atoms with Crippen LogP contribution in [0.25, 0.3) is 0 Å². The van der Waals surface area contributed by atoms with E-state index < -0.39 is 0 Å². The van der Waals surface area contributed by atoms with Gasteiger partial charge in [-0.05, 0) is 63.0 Å². The predicted molar refractivity (Wildman–Crippen MR) is 80.6 cm³/mol. The van der Waals surface area contributed by atoms with Gasteiger partial charge in [0.25, 0.3) is 0 Å². The Bertz CT molecular complexity index is 361. The van der Waals surface area contributed by atoms with Gasteiger partial charge in [0.05, 0.1) is 0 Å². The summed E-state index contributed by atoms with van der Waals surface area (Å²) in [6.45, 7) is 3.27. The lowest BCUT2D eigenvalue weighted by Gasteiger charge is -2.35. The summed E-state index contributed by atoms with van der Waals surface area (Å²) in [7, 11) is 0. The molecule has 1 aliphatic heterocycles. The zero-order valence-electron chi connectivity index (χ0n) is 10.9. The monoisotopic (exact) mass is 310 g/mol. The highest BCUT2D eigenvalue weighted by molar-refractivity contribution is 9.10. The van der Waals surface area contributed by atoms with Crippen molar-refractivity contribution in [2.75, 3.05) is 19.6 Å². The summed E-state index contributed by atoms with van der Waals surface area (Å²) in [5.41, 5.74) is 7.12. The van der Waals surface area contributed by atoms with Crippen LogP contribution in [0.3, 0.4) is 0 Å². The fraction of sp³-hybridized carbons (Fsp3) is 0.600. The van der Waals surface area contributed by atoms with E-state index in [1.54, 1.807) is 0 Å². The number of nitrogens with zero attached hydrogens (tertiary/aromatic N) is 1. The van der Waals surface area contributed by atoms with Gasteiger partial charge in [-0.1, -0.05) is 34.5 Å². The lowest BCUT2D eigenvalue weighted by atomic mass is 9.97. The van der Waals surface area contributed by atoms with Crippen molar-refractivity contribution in [3.8, 4) is 0 Å². The first kappa shape index (κ1) is 14.0. The molecule has 2 nitrogen and oxygen atoms in total. The van der Waals surface area contributed by atoms with Gasteiger partial charge in [0.15, 0.2) is 0 Å². The molecule has 0 aliphatic carbocycles. The van der Waals surface area contributed by atoms with Crippen LogP contribution in [0.15, 0.2) is 28.7 Å². The third-order valence-electron chi connectivity index (χ3n) is 3.75. The standard InChI is InChI=1S/C15H23BrN2/c16-14-7-4-6-13(12-14)15(8-5-9-17)18-10-2-1-3-11-18/h4,6-7,12,15H,1-3,5,8-11,17H2. The third-order valence-corrected chi connectivity index (χ3v) is 4.24. The van der Waals surface area contributed by atoms with Crippen LogP contribution in [0.4, 0.5) is 0 Å². The second kappa shape index (κ2) is 7.27. The quantitative estimate of drug-likeness (QED) is 0.898. The van der Waals surface area contributed by atoms with Crippen LogP contribution in [0, 0.1) is 0 Å². The van der Waals surface area contributed by atoms with E-state index in [0.29, 0.717) is 6.04 Å². The van der Waals surface area contributed by atoms with Gasteiger partial charge in [-0.25, -0.2) is 0 Å². The van der Waals surface area contributed by atoms with E-state index in [1.807, 2.05) is 0 Å². The molecule has 1 fully saturated rings. The molecule has 1 unspecified atom stereocenters. The molecule has 0 amide bonds. The lowest BCUT2D eigenvalue weighted by Crippen LogP contribution is -2.34. The number of halogens is 1. The number of benzene rings is 1. The molecule has 100 valence electrons. The Hall–Kier alpha value is -0.380. The molecule has 0 radical (unpaired) electrons. The number of hydrogen-bond acceptors (Lipinski definition) is 2. The normalized spacial score (nSPS) is 18.8.